The van der Waals surface area contributed by atoms with Gasteiger partial charge in [-0.1, -0.05) is 31.2 Å². The van der Waals surface area contributed by atoms with Gasteiger partial charge in [0.2, 0.25) is 22.0 Å². The third-order valence-corrected chi connectivity index (χ3v) is 5.42. The molecule has 0 amide bonds. The van der Waals surface area contributed by atoms with E-state index in [4.69, 9.17) is 4.74 Å². The van der Waals surface area contributed by atoms with Gasteiger partial charge in [0.15, 0.2) is 0 Å². The van der Waals surface area contributed by atoms with Crippen molar-refractivity contribution in [2.75, 3.05) is 10.5 Å². The number of para-hydroxylation sites is 1. The number of ether oxygens (including phenoxy) is 1. The van der Waals surface area contributed by atoms with Gasteiger partial charge in [0.25, 0.3) is 0 Å². The van der Waals surface area contributed by atoms with Gasteiger partial charge >= 0.3 is 6.18 Å². The standard InChI is InChI=1S/C19H18F3N3O3S/c1-2-10-29(26,27)25-16-11-13-6-3-4-8-15(13)24-18(16)28-17(19(20,21)22)14-7-5-9-23-12-14/h3-9,11-12,17,25H,2,10H2,1H3. The molecule has 154 valence electrons. The molecule has 0 aliphatic rings. The highest BCUT2D eigenvalue weighted by Crippen LogP contribution is 2.39. The Bertz CT molecular complexity index is 1090. The summed E-state index contributed by atoms with van der Waals surface area (Å²) in [6, 6.07) is 10.6. The fourth-order valence-electron chi connectivity index (χ4n) is 2.72. The van der Waals surface area contributed by atoms with Crippen LogP contribution in [-0.2, 0) is 10.0 Å². The summed E-state index contributed by atoms with van der Waals surface area (Å²) in [5.74, 6) is -0.653. The zero-order chi connectivity index (χ0) is 21.1. The average Bonchev–Trinajstić information content (AvgIpc) is 2.65. The van der Waals surface area contributed by atoms with Crippen molar-refractivity contribution in [3.05, 3.63) is 60.4 Å². The number of pyridine rings is 2. The molecular weight excluding hydrogens is 407 g/mol. The molecule has 0 fully saturated rings. The minimum atomic E-state index is -4.77. The number of alkyl halides is 3. The number of fused-ring (bicyclic) bond motifs is 1. The Hall–Kier alpha value is -2.88. The van der Waals surface area contributed by atoms with Crippen molar-refractivity contribution in [3.8, 4) is 5.88 Å². The molecule has 0 radical (unpaired) electrons. The van der Waals surface area contributed by atoms with Gasteiger partial charge in [0, 0.05) is 23.3 Å². The van der Waals surface area contributed by atoms with Crippen LogP contribution in [0.4, 0.5) is 18.9 Å². The lowest BCUT2D eigenvalue weighted by molar-refractivity contribution is -0.198. The molecule has 1 atom stereocenters. The maximum atomic E-state index is 13.7. The van der Waals surface area contributed by atoms with Crippen LogP contribution in [0.5, 0.6) is 5.88 Å². The van der Waals surface area contributed by atoms with Gasteiger partial charge in [-0.3, -0.25) is 9.71 Å². The Kier molecular flexibility index (Phi) is 5.92. The number of sulfonamides is 1. The minimum absolute atomic E-state index is 0.157. The zero-order valence-electron chi connectivity index (χ0n) is 15.3. The maximum absolute atomic E-state index is 13.7. The molecule has 1 unspecified atom stereocenters. The van der Waals surface area contributed by atoms with Crippen LogP contribution in [0, 0.1) is 0 Å². The summed E-state index contributed by atoms with van der Waals surface area (Å²) in [6.07, 6.45) is -4.40. The molecule has 0 saturated carbocycles. The molecule has 0 aliphatic heterocycles. The Morgan fingerprint density at radius 2 is 1.93 bits per heavy atom. The number of halogens is 3. The second-order valence-electron chi connectivity index (χ2n) is 6.28. The van der Waals surface area contributed by atoms with E-state index < -0.39 is 28.2 Å². The molecule has 0 saturated heterocycles. The van der Waals surface area contributed by atoms with Gasteiger partial charge in [-0.25, -0.2) is 13.4 Å². The molecule has 0 bridgehead atoms. The van der Waals surface area contributed by atoms with E-state index in [0.29, 0.717) is 17.3 Å². The van der Waals surface area contributed by atoms with Crippen molar-refractivity contribution in [2.24, 2.45) is 0 Å². The number of nitrogens with one attached hydrogen (secondary N) is 1. The summed E-state index contributed by atoms with van der Waals surface area (Å²) in [5.41, 5.74) is -0.0133. The third-order valence-electron chi connectivity index (χ3n) is 3.94. The van der Waals surface area contributed by atoms with Crippen molar-refractivity contribution in [1.82, 2.24) is 9.97 Å². The van der Waals surface area contributed by atoms with Crippen LogP contribution in [0.1, 0.15) is 25.0 Å². The van der Waals surface area contributed by atoms with Gasteiger partial charge in [-0.05, 0) is 24.6 Å². The molecule has 10 heteroatoms. The fourth-order valence-corrected chi connectivity index (χ4v) is 3.84. The molecular formula is C19H18F3N3O3S. The molecule has 1 aromatic carbocycles. The first-order valence-electron chi connectivity index (χ1n) is 8.73. The highest BCUT2D eigenvalue weighted by molar-refractivity contribution is 7.92. The largest absolute Gasteiger partial charge is 0.458 e. The van der Waals surface area contributed by atoms with E-state index in [1.807, 2.05) is 0 Å². The lowest BCUT2D eigenvalue weighted by atomic mass is 10.1. The van der Waals surface area contributed by atoms with Crippen molar-refractivity contribution in [2.45, 2.75) is 25.6 Å². The van der Waals surface area contributed by atoms with E-state index in [1.54, 1.807) is 31.2 Å². The maximum Gasteiger partial charge on any atom is 0.429 e. The summed E-state index contributed by atoms with van der Waals surface area (Å²) >= 11 is 0. The average molecular weight is 425 g/mol. The van der Waals surface area contributed by atoms with E-state index in [0.717, 1.165) is 6.20 Å². The Labute approximate surface area is 165 Å². The number of rotatable bonds is 7. The van der Waals surface area contributed by atoms with Gasteiger partial charge < -0.3 is 4.74 Å². The van der Waals surface area contributed by atoms with E-state index in [9.17, 15) is 21.6 Å². The number of nitrogens with zero attached hydrogens (tertiary/aromatic N) is 2. The van der Waals surface area contributed by atoms with Crippen LogP contribution in [0.15, 0.2) is 54.9 Å². The fraction of sp³-hybridized carbons (Fsp3) is 0.263. The van der Waals surface area contributed by atoms with Gasteiger partial charge in [0.1, 0.15) is 5.69 Å². The van der Waals surface area contributed by atoms with Crippen molar-refractivity contribution in [1.29, 1.82) is 0 Å². The number of hydrogen-bond acceptors (Lipinski definition) is 5. The van der Waals surface area contributed by atoms with E-state index in [1.165, 1.54) is 24.4 Å². The minimum Gasteiger partial charge on any atom is -0.458 e. The smallest absolute Gasteiger partial charge is 0.429 e. The van der Waals surface area contributed by atoms with Crippen LogP contribution >= 0.6 is 0 Å². The monoisotopic (exact) mass is 425 g/mol. The van der Waals surface area contributed by atoms with Crippen molar-refractivity contribution < 1.29 is 26.3 Å². The quantitative estimate of drug-likeness (QED) is 0.604. The number of aromatic nitrogens is 2. The van der Waals surface area contributed by atoms with Crippen LogP contribution in [0.3, 0.4) is 0 Å². The van der Waals surface area contributed by atoms with Gasteiger partial charge in [-0.15, -0.1) is 0 Å². The molecule has 0 aliphatic carbocycles. The highest BCUT2D eigenvalue weighted by atomic mass is 32.2. The SMILES string of the molecule is CCCS(=O)(=O)Nc1cc2ccccc2nc1OC(c1cccnc1)C(F)(F)F. The van der Waals surface area contributed by atoms with Crippen LogP contribution in [0.2, 0.25) is 0 Å². The van der Waals surface area contributed by atoms with Gasteiger partial charge in [-0.2, -0.15) is 13.2 Å². The molecule has 2 heterocycles. The van der Waals surface area contributed by atoms with E-state index >= 15 is 0 Å². The lowest BCUT2D eigenvalue weighted by Crippen LogP contribution is -2.27. The predicted octanol–water partition coefficient (Wildman–Crippen LogP) is 4.46. The number of hydrogen-bond donors (Lipinski definition) is 1. The first-order valence-corrected chi connectivity index (χ1v) is 10.4. The Balaban J connectivity index is 2.09. The Morgan fingerprint density at radius 1 is 1.17 bits per heavy atom. The van der Waals surface area contributed by atoms with E-state index in [-0.39, 0.29) is 17.0 Å². The molecule has 2 aromatic heterocycles. The molecule has 29 heavy (non-hydrogen) atoms. The molecule has 0 spiro atoms. The highest BCUT2D eigenvalue weighted by Gasteiger charge is 2.44. The Morgan fingerprint density at radius 3 is 2.59 bits per heavy atom. The first-order chi connectivity index (χ1) is 13.7. The topological polar surface area (TPSA) is 81.2 Å². The summed E-state index contributed by atoms with van der Waals surface area (Å²) in [7, 11) is -3.78. The van der Waals surface area contributed by atoms with Gasteiger partial charge in [0.05, 0.1) is 11.3 Å². The number of anilines is 1. The number of benzene rings is 1. The summed E-state index contributed by atoms with van der Waals surface area (Å²) in [6.45, 7) is 1.68. The van der Waals surface area contributed by atoms with Crippen LogP contribution in [-0.4, -0.2) is 30.3 Å². The second-order valence-corrected chi connectivity index (χ2v) is 8.12. The molecule has 6 nitrogen and oxygen atoms in total. The zero-order valence-corrected chi connectivity index (χ0v) is 16.2. The molecule has 3 aromatic rings. The molecule has 1 N–H and O–H groups in total. The second kappa shape index (κ2) is 8.24. The van der Waals surface area contributed by atoms with Crippen molar-refractivity contribution in [3.63, 3.8) is 0 Å². The first kappa shape index (κ1) is 20.8. The molecule has 3 rings (SSSR count). The summed E-state index contributed by atoms with van der Waals surface area (Å²) < 4.78 is 73.0. The predicted molar refractivity (Wildman–Crippen MR) is 103 cm³/mol. The third kappa shape index (κ3) is 5.14. The normalized spacial score (nSPS) is 13.2. The van der Waals surface area contributed by atoms with Crippen LogP contribution in [0.25, 0.3) is 10.9 Å². The van der Waals surface area contributed by atoms with E-state index in [2.05, 4.69) is 14.7 Å². The lowest BCUT2D eigenvalue weighted by Gasteiger charge is -2.23. The van der Waals surface area contributed by atoms with Crippen LogP contribution < -0.4 is 9.46 Å². The van der Waals surface area contributed by atoms with Crippen molar-refractivity contribution >= 4 is 26.6 Å². The summed E-state index contributed by atoms with van der Waals surface area (Å²) in [5, 5.41) is 0.555. The summed E-state index contributed by atoms with van der Waals surface area (Å²) in [4.78, 5) is 7.83.